The Labute approximate surface area is 122 Å². The zero-order valence-electron chi connectivity index (χ0n) is 14.3. The first-order valence-electron chi connectivity index (χ1n) is 6.93. The highest BCUT2D eigenvalue weighted by molar-refractivity contribution is 5.79. The summed E-state index contributed by atoms with van der Waals surface area (Å²) in [5.74, 6) is -0.936. The van der Waals surface area contributed by atoms with Gasteiger partial charge in [0, 0.05) is 13.1 Å². The third-order valence-electron chi connectivity index (χ3n) is 4.67. The highest BCUT2D eigenvalue weighted by atomic mass is 16.4. The van der Waals surface area contributed by atoms with Crippen molar-refractivity contribution >= 4 is 12.0 Å². The molecule has 1 unspecified atom stereocenters. The van der Waals surface area contributed by atoms with Crippen LogP contribution in [0.1, 0.15) is 55.4 Å². The van der Waals surface area contributed by atoms with E-state index in [1.165, 1.54) is 0 Å². The molecule has 0 rings (SSSR count). The molecule has 118 valence electrons. The summed E-state index contributed by atoms with van der Waals surface area (Å²) in [6, 6.07) is -0.224. The van der Waals surface area contributed by atoms with Crippen molar-refractivity contribution in [2.75, 3.05) is 7.05 Å². The first-order valence-corrected chi connectivity index (χ1v) is 6.93. The smallest absolute Gasteiger partial charge is 0.317 e. The van der Waals surface area contributed by atoms with E-state index >= 15 is 0 Å². The fourth-order valence-corrected chi connectivity index (χ4v) is 1.54. The second-order valence-electron chi connectivity index (χ2n) is 7.64. The van der Waals surface area contributed by atoms with Crippen LogP contribution in [0.3, 0.4) is 0 Å². The summed E-state index contributed by atoms with van der Waals surface area (Å²) in [5.41, 5.74) is -1.96. The molecule has 0 spiro atoms. The maximum absolute atomic E-state index is 12.3. The number of carboxylic acids is 1. The third-order valence-corrected chi connectivity index (χ3v) is 4.67. The topological polar surface area (TPSA) is 69.6 Å². The number of hydrogen-bond acceptors (Lipinski definition) is 2. The number of carbonyl (C=O) groups excluding carboxylic acids is 1. The summed E-state index contributed by atoms with van der Waals surface area (Å²) < 4.78 is 0. The van der Waals surface area contributed by atoms with Gasteiger partial charge in [0.15, 0.2) is 0 Å². The number of carboxylic acid groups (broad SMARTS) is 1. The standard InChI is InChI=1S/C15H30N2O3/c1-10(13(2,3)4)17(9)12(20)16-15(7,8)14(5,6)11(18)19/h10H,1-9H3,(H,16,20)(H,18,19). The van der Waals surface area contributed by atoms with E-state index in [9.17, 15) is 14.7 Å². The van der Waals surface area contributed by atoms with Crippen LogP contribution in [0.2, 0.25) is 0 Å². The molecule has 0 saturated heterocycles. The Bertz CT molecular complexity index is 381. The van der Waals surface area contributed by atoms with Crippen molar-refractivity contribution in [3.8, 4) is 0 Å². The Kier molecular flexibility index (Phi) is 5.27. The molecular formula is C15H30N2O3. The largest absolute Gasteiger partial charge is 0.481 e. The average molecular weight is 286 g/mol. The molecule has 5 heteroatoms. The number of carbonyl (C=O) groups is 2. The van der Waals surface area contributed by atoms with E-state index in [0.717, 1.165) is 0 Å². The van der Waals surface area contributed by atoms with Crippen LogP contribution in [-0.2, 0) is 4.79 Å². The molecule has 2 N–H and O–H groups in total. The first-order chi connectivity index (χ1) is 8.64. The minimum Gasteiger partial charge on any atom is -0.481 e. The minimum absolute atomic E-state index is 0.0336. The van der Waals surface area contributed by atoms with Crippen LogP contribution in [0.5, 0.6) is 0 Å². The third kappa shape index (κ3) is 3.87. The number of nitrogens with zero attached hydrogens (tertiary/aromatic N) is 1. The summed E-state index contributed by atoms with van der Waals surface area (Å²) in [6.45, 7) is 14.9. The van der Waals surface area contributed by atoms with E-state index in [-0.39, 0.29) is 17.5 Å². The highest BCUT2D eigenvalue weighted by Crippen LogP contribution is 2.31. The summed E-state index contributed by atoms with van der Waals surface area (Å²) >= 11 is 0. The zero-order valence-corrected chi connectivity index (χ0v) is 14.3. The second kappa shape index (κ2) is 5.62. The number of nitrogens with one attached hydrogen (secondary N) is 1. The molecule has 1 atom stereocenters. The maximum Gasteiger partial charge on any atom is 0.317 e. The van der Waals surface area contributed by atoms with E-state index < -0.39 is 16.9 Å². The van der Waals surface area contributed by atoms with E-state index in [1.54, 1.807) is 39.6 Å². The fourth-order valence-electron chi connectivity index (χ4n) is 1.54. The molecule has 0 bridgehead atoms. The lowest BCUT2D eigenvalue weighted by Gasteiger charge is -2.42. The first kappa shape index (κ1) is 18.7. The minimum atomic E-state index is -1.06. The van der Waals surface area contributed by atoms with Crippen LogP contribution in [-0.4, -0.2) is 40.6 Å². The van der Waals surface area contributed by atoms with Crippen molar-refractivity contribution in [1.29, 1.82) is 0 Å². The van der Waals surface area contributed by atoms with Gasteiger partial charge in [-0.3, -0.25) is 4.79 Å². The molecule has 0 aromatic carbocycles. The summed E-state index contributed by atoms with van der Waals surface area (Å²) in [6.07, 6.45) is 0. The van der Waals surface area contributed by atoms with Crippen molar-refractivity contribution in [3.05, 3.63) is 0 Å². The Morgan fingerprint density at radius 2 is 1.45 bits per heavy atom. The number of aliphatic carboxylic acids is 1. The summed E-state index contributed by atoms with van der Waals surface area (Å²) in [4.78, 5) is 25.3. The summed E-state index contributed by atoms with van der Waals surface area (Å²) in [7, 11) is 1.73. The average Bonchev–Trinajstić information content (AvgIpc) is 2.24. The lowest BCUT2D eigenvalue weighted by atomic mass is 9.74. The van der Waals surface area contributed by atoms with Crippen molar-refractivity contribution in [1.82, 2.24) is 10.2 Å². The monoisotopic (exact) mass is 286 g/mol. The van der Waals surface area contributed by atoms with Crippen molar-refractivity contribution in [2.24, 2.45) is 10.8 Å². The molecule has 5 nitrogen and oxygen atoms in total. The van der Waals surface area contributed by atoms with E-state index in [2.05, 4.69) is 26.1 Å². The van der Waals surface area contributed by atoms with Crippen molar-refractivity contribution in [2.45, 2.75) is 67.0 Å². The highest BCUT2D eigenvalue weighted by Gasteiger charge is 2.45. The molecule has 0 saturated carbocycles. The molecule has 20 heavy (non-hydrogen) atoms. The molecule has 0 fully saturated rings. The van der Waals surface area contributed by atoms with Crippen LogP contribution in [0.15, 0.2) is 0 Å². The van der Waals surface area contributed by atoms with Crippen molar-refractivity contribution in [3.63, 3.8) is 0 Å². The molecule has 0 aromatic rings. The van der Waals surface area contributed by atoms with Crippen LogP contribution >= 0.6 is 0 Å². The maximum atomic E-state index is 12.3. The van der Waals surface area contributed by atoms with Gasteiger partial charge in [0.1, 0.15) is 0 Å². The molecule has 0 aliphatic carbocycles. The van der Waals surface area contributed by atoms with E-state index in [4.69, 9.17) is 0 Å². The van der Waals surface area contributed by atoms with Crippen molar-refractivity contribution < 1.29 is 14.7 Å². The normalized spacial score (nSPS) is 14.7. The van der Waals surface area contributed by atoms with Gasteiger partial charge in [0.05, 0.1) is 11.0 Å². The molecule has 0 heterocycles. The summed E-state index contributed by atoms with van der Waals surface area (Å²) in [5, 5.41) is 12.1. The molecule has 0 aliphatic heterocycles. The van der Waals surface area contributed by atoms with Crippen LogP contribution in [0.4, 0.5) is 4.79 Å². The van der Waals surface area contributed by atoms with Crippen LogP contribution in [0, 0.1) is 10.8 Å². The molecule has 0 radical (unpaired) electrons. The van der Waals surface area contributed by atoms with Gasteiger partial charge in [-0.1, -0.05) is 20.8 Å². The quantitative estimate of drug-likeness (QED) is 0.834. The number of rotatable bonds is 4. The van der Waals surface area contributed by atoms with E-state index in [1.807, 2.05) is 6.92 Å². The molecule has 0 aliphatic rings. The Morgan fingerprint density at radius 3 is 1.75 bits per heavy atom. The number of urea groups is 1. The van der Waals surface area contributed by atoms with Gasteiger partial charge >= 0.3 is 12.0 Å². The Morgan fingerprint density at radius 1 is 1.05 bits per heavy atom. The Balaban J connectivity index is 5.06. The van der Waals surface area contributed by atoms with Gasteiger partial charge in [0.2, 0.25) is 0 Å². The van der Waals surface area contributed by atoms with Gasteiger partial charge in [-0.15, -0.1) is 0 Å². The zero-order chi connectivity index (χ0) is 16.5. The van der Waals surface area contributed by atoms with E-state index in [0.29, 0.717) is 0 Å². The number of amides is 2. The van der Waals surface area contributed by atoms with Gasteiger partial charge in [-0.05, 0) is 40.0 Å². The molecular weight excluding hydrogens is 256 g/mol. The van der Waals surface area contributed by atoms with Gasteiger partial charge < -0.3 is 15.3 Å². The van der Waals surface area contributed by atoms with Gasteiger partial charge in [0.25, 0.3) is 0 Å². The predicted octanol–water partition coefficient (Wildman–Crippen LogP) is 2.95. The molecule has 2 amide bonds. The SMILES string of the molecule is CC(N(C)C(=O)NC(C)(C)C(C)(C)C(=O)O)C(C)(C)C. The number of hydrogen-bond donors (Lipinski definition) is 2. The van der Waals surface area contributed by atoms with Gasteiger partial charge in [-0.2, -0.15) is 0 Å². The second-order valence-corrected chi connectivity index (χ2v) is 7.64. The van der Waals surface area contributed by atoms with Gasteiger partial charge in [-0.25, -0.2) is 4.79 Å². The van der Waals surface area contributed by atoms with Crippen LogP contribution < -0.4 is 5.32 Å². The predicted molar refractivity (Wildman–Crippen MR) is 80.7 cm³/mol. The lowest BCUT2D eigenvalue weighted by Crippen LogP contribution is -2.60. The lowest BCUT2D eigenvalue weighted by molar-refractivity contribution is -0.150. The molecule has 0 aromatic heterocycles. The van der Waals surface area contributed by atoms with Crippen LogP contribution in [0.25, 0.3) is 0 Å². The Hall–Kier alpha value is -1.26. The fraction of sp³-hybridized carbons (Fsp3) is 0.867.